The van der Waals surface area contributed by atoms with Gasteiger partial charge in [-0.25, -0.2) is 17.1 Å². The van der Waals surface area contributed by atoms with Crippen molar-refractivity contribution < 1.29 is 22.7 Å². The first-order valence-corrected chi connectivity index (χ1v) is 9.13. The van der Waals surface area contributed by atoms with Crippen molar-refractivity contribution in [1.82, 2.24) is 9.29 Å². The lowest BCUT2D eigenvalue weighted by molar-refractivity contribution is 0.0995. The van der Waals surface area contributed by atoms with Crippen LogP contribution in [0.3, 0.4) is 0 Å². The predicted molar refractivity (Wildman–Crippen MR) is 96.1 cm³/mol. The minimum atomic E-state index is -3.70. The number of aromatic nitrogens is 1. The normalized spacial score (nSPS) is 12.3. The van der Waals surface area contributed by atoms with E-state index in [-0.39, 0.29) is 22.0 Å². The van der Waals surface area contributed by atoms with Gasteiger partial charge in [-0.05, 0) is 36.4 Å². The van der Waals surface area contributed by atoms with Crippen molar-refractivity contribution in [3.8, 4) is 5.88 Å². The standard InChI is InChI=1S/C17H15FN4O4S/c1-22(2)27(25,26)12-5-3-4-10(8-12)16(23)21-20-15-13-7-6-11(18)9-14(13)19-17(15)24/h3-9,19,24H,1-2H3. The number of azo groups is 1. The Balaban J connectivity index is 1.94. The first kappa shape index (κ1) is 18.7. The fraction of sp³-hybridized carbons (Fsp3) is 0.118. The number of fused-ring (bicyclic) bond motifs is 1. The monoisotopic (exact) mass is 390 g/mol. The quantitative estimate of drug-likeness (QED) is 0.666. The molecule has 1 aromatic heterocycles. The Morgan fingerprint density at radius 1 is 1.19 bits per heavy atom. The summed E-state index contributed by atoms with van der Waals surface area (Å²) in [5.74, 6) is -1.65. The van der Waals surface area contributed by atoms with Crippen LogP contribution in [0.25, 0.3) is 10.9 Å². The molecular formula is C17H15FN4O4S. The number of sulfonamides is 1. The topological polar surface area (TPSA) is 115 Å². The summed E-state index contributed by atoms with van der Waals surface area (Å²) in [6, 6.07) is 9.14. The van der Waals surface area contributed by atoms with Crippen molar-refractivity contribution >= 4 is 32.5 Å². The van der Waals surface area contributed by atoms with E-state index in [0.717, 1.165) is 4.31 Å². The maximum absolute atomic E-state index is 13.2. The van der Waals surface area contributed by atoms with Gasteiger partial charge in [0, 0.05) is 25.0 Å². The number of aromatic amines is 1. The number of amides is 1. The lowest BCUT2D eigenvalue weighted by atomic mass is 10.2. The third-order valence-electron chi connectivity index (χ3n) is 3.81. The highest BCUT2D eigenvalue weighted by Gasteiger charge is 2.19. The summed E-state index contributed by atoms with van der Waals surface area (Å²) in [6.45, 7) is 0. The van der Waals surface area contributed by atoms with Gasteiger partial charge in [0.25, 0.3) is 5.91 Å². The summed E-state index contributed by atoms with van der Waals surface area (Å²) in [7, 11) is -0.940. The summed E-state index contributed by atoms with van der Waals surface area (Å²) in [5.41, 5.74) is 0.301. The number of carbonyl (C=O) groups is 1. The molecule has 2 N–H and O–H groups in total. The van der Waals surface area contributed by atoms with Gasteiger partial charge in [0.05, 0.1) is 10.4 Å². The van der Waals surface area contributed by atoms with Crippen molar-refractivity contribution in [3.05, 3.63) is 53.8 Å². The number of halogens is 1. The summed E-state index contributed by atoms with van der Waals surface area (Å²) >= 11 is 0. The largest absolute Gasteiger partial charge is 0.493 e. The zero-order chi connectivity index (χ0) is 19.8. The minimum absolute atomic E-state index is 0.0181. The van der Waals surface area contributed by atoms with Crippen LogP contribution < -0.4 is 0 Å². The van der Waals surface area contributed by atoms with E-state index < -0.39 is 21.7 Å². The predicted octanol–water partition coefficient (Wildman–Crippen LogP) is 3.19. The average molecular weight is 390 g/mol. The molecule has 0 saturated heterocycles. The molecule has 0 fully saturated rings. The van der Waals surface area contributed by atoms with E-state index in [9.17, 15) is 22.7 Å². The van der Waals surface area contributed by atoms with E-state index in [2.05, 4.69) is 15.2 Å². The molecule has 0 atom stereocenters. The zero-order valence-electron chi connectivity index (χ0n) is 14.3. The number of carbonyl (C=O) groups excluding carboxylic acids is 1. The fourth-order valence-corrected chi connectivity index (χ4v) is 3.34. The maximum Gasteiger partial charge on any atom is 0.295 e. The van der Waals surface area contributed by atoms with Gasteiger partial charge in [-0.3, -0.25) is 4.79 Å². The van der Waals surface area contributed by atoms with Crippen LogP contribution in [0.5, 0.6) is 5.88 Å². The molecular weight excluding hydrogens is 375 g/mol. The van der Waals surface area contributed by atoms with Crippen molar-refractivity contribution in [1.29, 1.82) is 0 Å². The van der Waals surface area contributed by atoms with E-state index in [1.54, 1.807) is 0 Å². The van der Waals surface area contributed by atoms with E-state index in [1.165, 1.54) is 56.6 Å². The van der Waals surface area contributed by atoms with E-state index in [4.69, 9.17) is 0 Å². The van der Waals surface area contributed by atoms with Gasteiger partial charge in [-0.15, -0.1) is 10.2 Å². The van der Waals surface area contributed by atoms with Gasteiger partial charge in [0.1, 0.15) is 5.82 Å². The second-order valence-corrected chi connectivity index (χ2v) is 7.98. The molecule has 0 aliphatic rings. The van der Waals surface area contributed by atoms with E-state index in [1.807, 2.05) is 0 Å². The van der Waals surface area contributed by atoms with Crippen LogP contribution >= 0.6 is 0 Å². The molecule has 0 bridgehead atoms. The number of hydrogen-bond acceptors (Lipinski definition) is 5. The third-order valence-corrected chi connectivity index (χ3v) is 5.63. The third kappa shape index (κ3) is 3.57. The van der Waals surface area contributed by atoms with Gasteiger partial charge >= 0.3 is 0 Å². The number of hydrogen-bond donors (Lipinski definition) is 2. The van der Waals surface area contributed by atoms with Gasteiger partial charge in [0.15, 0.2) is 5.69 Å². The number of benzene rings is 2. The van der Waals surface area contributed by atoms with Gasteiger partial charge in [0.2, 0.25) is 15.9 Å². The fourth-order valence-electron chi connectivity index (χ4n) is 2.40. The van der Waals surface area contributed by atoms with Gasteiger partial charge in [-0.2, -0.15) is 0 Å². The van der Waals surface area contributed by atoms with Crippen LogP contribution in [0.4, 0.5) is 10.1 Å². The molecule has 0 aliphatic heterocycles. The molecule has 1 heterocycles. The number of aromatic hydroxyl groups is 1. The second kappa shape index (κ2) is 6.89. The number of rotatable bonds is 4. The molecule has 8 nitrogen and oxygen atoms in total. The van der Waals surface area contributed by atoms with Crippen LogP contribution in [0.2, 0.25) is 0 Å². The SMILES string of the molecule is CN(C)S(=O)(=O)c1cccc(C(=O)N=Nc2c(O)[nH]c3cc(F)ccc23)c1. The molecule has 3 rings (SSSR count). The van der Waals surface area contributed by atoms with Gasteiger partial charge in [-0.1, -0.05) is 6.07 Å². The van der Waals surface area contributed by atoms with E-state index in [0.29, 0.717) is 10.9 Å². The van der Waals surface area contributed by atoms with Gasteiger partial charge < -0.3 is 10.1 Å². The Bertz CT molecular complexity index is 1170. The molecule has 27 heavy (non-hydrogen) atoms. The first-order chi connectivity index (χ1) is 12.7. The molecule has 0 unspecified atom stereocenters. The van der Waals surface area contributed by atoms with E-state index >= 15 is 0 Å². The molecule has 10 heteroatoms. The smallest absolute Gasteiger partial charge is 0.295 e. The lowest BCUT2D eigenvalue weighted by Gasteiger charge is -2.11. The molecule has 3 aromatic rings. The highest BCUT2D eigenvalue weighted by molar-refractivity contribution is 7.89. The average Bonchev–Trinajstić information content (AvgIpc) is 2.93. The number of H-pyrrole nitrogens is 1. The Morgan fingerprint density at radius 3 is 2.63 bits per heavy atom. The second-order valence-electron chi connectivity index (χ2n) is 5.83. The highest BCUT2D eigenvalue weighted by Crippen LogP contribution is 2.35. The number of nitrogens with zero attached hydrogens (tertiary/aromatic N) is 3. The van der Waals surface area contributed by atoms with Crippen molar-refractivity contribution in [3.63, 3.8) is 0 Å². The van der Waals surface area contributed by atoms with Crippen LogP contribution in [0.1, 0.15) is 10.4 Å². The Labute approximate surface area is 154 Å². The molecule has 0 aliphatic carbocycles. The van der Waals surface area contributed by atoms with Crippen molar-refractivity contribution in [2.75, 3.05) is 14.1 Å². The Hall–Kier alpha value is -3.11. The molecule has 2 aromatic carbocycles. The summed E-state index contributed by atoms with van der Waals surface area (Å²) in [4.78, 5) is 14.8. The molecule has 0 radical (unpaired) electrons. The molecule has 0 spiro atoms. The van der Waals surface area contributed by atoms with Crippen LogP contribution in [-0.4, -0.2) is 42.8 Å². The van der Waals surface area contributed by atoms with Crippen LogP contribution in [-0.2, 0) is 10.0 Å². The summed E-state index contributed by atoms with van der Waals surface area (Å²) < 4.78 is 38.6. The lowest BCUT2D eigenvalue weighted by Crippen LogP contribution is -2.22. The zero-order valence-corrected chi connectivity index (χ0v) is 15.2. The highest BCUT2D eigenvalue weighted by atomic mass is 32.2. The summed E-state index contributed by atoms with van der Waals surface area (Å²) in [5, 5.41) is 17.6. The van der Waals surface area contributed by atoms with Crippen molar-refractivity contribution in [2.45, 2.75) is 4.90 Å². The Kier molecular flexibility index (Phi) is 4.77. The number of nitrogens with one attached hydrogen (secondary N) is 1. The molecule has 1 amide bonds. The molecule has 140 valence electrons. The Morgan fingerprint density at radius 2 is 1.93 bits per heavy atom. The van der Waals surface area contributed by atoms with Crippen molar-refractivity contribution in [2.24, 2.45) is 10.2 Å². The summed E-state index contributed by atoms with van der Waals surface area (Å²) in [6.07, 6.45) is 0. The van der Waals surface area contributed by atoms with Crippen LogP contribution in [0.15, 0.2) is 57.6 Å². The van der Waals surface area contributed by atoms with Crippen LogP contribution in [0, 0.1) is 5.82 Å². The maximum atomic E-state index is 13.2. The first-order valence-electron chi connectivity index (χ1n) is 7.69. The minimum Gasteiger partial charge on any atom is -0.493 e. The molecule has 0 saturated carbocycles.